The molecule has 0 saturated heterocycles. The summed E-state index contributed by atoms with van der Waals surface area (Å²) in [6, 6.07) is 8.10. The third kappa shape index (κ3) is 5.55. The van der Waals surface area contributed by atoms with Gasteiger partial charge in [-0.2, -0.15) is 6.42 Å². The average molecular weight is 253 g/mol. The Balaban J connectivity index is 0. The third-order valence-corrected chi connectivity index (χ3v) is 1.62. The molecule has 0 amide bonds. The fraction of sp³-hybridized carbons (Fsp3) is 0.300. The number of ether oxygens (including phenoxy) is 1. The standard InChI is InChI=1S/C10H13O.BrH.Mg/c1-3-4-9-5-7-10(11-2)8-6-9;;/h5-8H,1,3-4H2,2H3;1H;/q-1;;+2/p-1. The van der Waals surface area contributed by atoms with Crippen molar-refractivity contribution in [3.63, 3.8) is 0 Å². The maximum Gasteiger partial charge on any atom is 2.00 e. The molecular formula is C10H13BrMgO. The van der Waals surface area contributed by atoms with Crippen LogP contribution >= 0.6 is 0 Å². The van der Waals surface area contributed by atoms with Crippen LogP contribution in [-0.4, -0.2) is 30.2 Å². The summed E-state index contributed by atoms with van der Waals surface area (Å²) < 4.78 is 5.03. The first kappa shape index (κ1) is 15.7. The molecule has 0 radical (unpaired) electrons. The van der Waals surface area contributed by atoms with E-state index in [2.05, 4.69) is 19.1 Å². The largest absolute Gasteiger partial charge is 2.00 e. The number of hydrogen-bond acceptors (Lipinski definition) is 1. The number of rotatable bonds is 3. The minimum Gasteiger partial charge on any atom is -1.00 e. The Morgan fingerprint density at radius 1 is 1.23 bits per heavy atom. The minimum absolute atomic E-state index is 0. The number of benzene rings is 1. The van der Waals surface area contributed by atoms with Gasteiger partial charge in [0, 0.05) is 0 Å². The molecule has 13 heavy (non-hydrogen) atoms. The predicted molar refractivity (Wildman–Crippen MR) is 52.4 cm³/mol. The average Bonchev–Trinajstić information content (AvgIpc) is 2.07. The summed E-state index contributed by atoms with van der Waals surface area (Å²) in [7, 11) is 1.68. The predicted octanol–water partition coefficient (Wildman–Crippen LogP) is -0.915. The van der Waals surface area contributed by atoms with Crippen LogP contribution in [0.2, 0.25) is 0 Å². The normalized spacial score (nSPS) is 8.15. The molecule has 1 aromatic carbocycles. The Morgan fingerprint density at radius 3 is 2.15 bits per heavy atom. The maximum atomic E-state index is 5.03. The molecule has 0 heterocycles. The van der Waals surface area contributed by atoms with Crippen molar-refractivity contribution in [2.45, 2.75) is 12.8 Å². The van der Waals surface area contributed by atoms with Gasteiger partial charge < -0.3 is 28.6 Å². The van der Waals surface area contributed by atoms with Gasteiger partial charge >= 0.3 is 23.1 Å². The molecule has 0 spiro atoms. The van der Waals surface area contributed by atoms with Gasteiger partial charge in [0.05, 0.1) is 7.11 Å². The Bertz CT molecular complexity index is 211. The molecule has 1 rings (SSSR count). The molecule has 0 atom stereocenters. The summed E-state index contributed by atoms with van der Waals surface area (Å²) in [6.45, 7) is 3.79. The Kier molecular flexibility index (Phi) is 10.7. The summed E-state index contributed by atoms with van der Waals surface area (Å²) in [4.78, 5) is 0. The molecule has 0 aliphatic carbocycles. The van der Waals surface area contributed by atoms with Gasteiger partial charge in [-0.3, -0.25) is 0 Å². The second-order valence-electron chi connectivity index (χ2n) is 2.45. The van der Waals surface area contributed by atoms with E-state index in [1.54, 1.807) is 7.11 Å². The van der Waals surface area contributed by atoms with E-state index in [4.69, 9.17) is 4.74 Å². The van der Waals surface area contributed by atoms with Gasteiger partial charge in [-0.25, -0.2) is 0 Å². The number of aryl methyl sites for hydroxylation is 1. The van der Waals surface area contributed by atoms with Crippen molar-refractivity contribution >= 4 is 23.1 Å². The van der Waals surface area contributed by atoms with Crippen molar-refractivity contribution < 1.29 is 21.7 Å². The Hall–Kier alpha value is 0.266. The second kappa shape index (κ2) is 8.85. The molecule has 0 unspecified atom stereocenters. The molecule has 0 aromatic heterocycles. The van der Waals surface area contributed by atoms with E-state index >= 15 is 0 Å². The number of halogens is 1. The van der Waals surface area contributed by atoms with E-state index in [-0.39, 0.29) is 40.0 Å². The van der Waals surface area contributed by atoms with Crippen LogP contribution < -0.4 is 21.7 Å². The van der Waals surface area contributed by atoms with E-state index in [9.17, 15) is 0 Å². The zero-order valence-corrected chi connectivity index (χ0v) is 10.9. The zero-order valence-electron chi connectivity index (χ0n) is 7.92. The van der Waals surface area contributed by atoms with Gasteiger partial charge in [-0.1, -0.05) is 24.1 Å². The van der Waals surface area contributed by atoms with Crippen LogP contribution in [0.1, 0.15) is 12.0 Å². The van der Waals surface area contributed by atoms with Gasteiger partial charge in [0.25, 0.3) is 0 Å². The van der Waals surface area contributed by atoms with E-state index in [1.807, 2.05) is 12.1 Å². The summed E-state index contributed by atoms with van der Waals surface area (Å²) in [5.74, 6) is 0.915. The van der Waals surface area contributed by atoms with Crippen LogP contribution in [0.15, 0.2) is 24.3 Å². The molecule has 3 heteroatoms. The van der Waals surface area contributed by atoms with Crippen molar-refractivity contribution in [1.29, 1.82) is 0 Å². The zero-order chi connectivity index (χ0) is 8.10. The molecule has 0 aliphatic rings. The molecule has 0 saturated carbocycles. The minimum atomic E-state index is 0. The SMILES string of the molecule is [Br-].[CH2-]CCc1ccc(OC)cc1.[Mg+2]. The Labute approximate surface area is 107 Å². The molecule has 0 fully saturated rings. The molecular weight excluding hydrogens is 240 g/mol. The molecule has 0 N–H and O–H groups in total. The van der Waals surface area contributed by atoms with Crippen LogP contribution in [0.3, 0.4) is 0 Å². The number of hydrogen-bond donors (Lipinski definition) is 0. The van der Waals surface area contributed by atoms with Crippen LogP contribution in [0.25, 0.3) is 0 Å². The van der Waals surface area contributed by atoms with Gasteiger partial charge in [-0.05, 0) is 12.1 Å². The topological polar surface area (TPSA) is 9.23 Å². The quantitative estimate of drug-likeness (QED) is 0.500. The second-order valence-corrected chi connectivity index (χ2v) is 2.45. The van der Waals surface area contributed by atoms with Crippen molar-refractivity contribution in [2.75, 3.05) is 7.11 Å². The van der Waals surface area contributed by atoms with E-state index in [0.717, 1.165) is 18.6 Å². The first-order valence-electron chi connectivity index (χ1n) is 3.79. The van der Waals surface area contributed by atoms with Crippen molar-refractivity contribution in [3.05, 3.63) is 36.8 Å². The summed E-state index contributed by atoms with van der Waals surface area (Å²) in [5.41, 5.74) is 1.32. The first-order valence-corrected chi connectivity index (χ1v) is 3.79. The Morgan fingerprint density at radius 2 is 1.77 bits per heavy atom. The van der Waals surface area contributed by atoms with E-state index < -0.39 is 0 Å². The molecule has 0 bridgehead atoms. The summed E-state index contributed by atoms with van der Waals surface area (Å²) in [6.07, 6.45) is 2.00. The van der Waals surface area contributed by atoms with Crippen molar-refractivity contribution in [3.8, 4) is 5.75 Å². The maximum absolute atomic E-state index is 5.03. The van der Waals surface area contributed by atoms with Crippen LogP contribution in [0, 0.1) is 6.92 Å². The van der Waals surface area contributed by atoms with Crippen LogP contribution in [-0.2, 0) is 6.42 Å². The fourth-order valence-electron chi connectivity index (χ4n) is 0.996. The van der Waals surface area contributed by atoms with Crippen LogP contribution in [0.4, 0.5) is 0 Å². The molecule has 0 aliphatic heterocycles. The summed E-state index contributed by atoms with van der Waals surface area (Å²) in [5, 5.41) is 0. The molecule has 1 nitrogen and oxygen atoms in total. The van der Waals surface area contributed by atoms with Crippen molar-refractivity contribution in [2.24, 2.45) is 0 Å². The van der Waals surface area contributed by atoms with Gasteiger partial charge in [-0.15, -0.1) is 0 Å². The monoisotopic (exact) mass is 252 g/mol. The van der Waals surface area contributed by atoms with Gasteiger partial charge in [0.15, 0.2) is 0 Å². The van der Waals surface area contributed by atoms with Gasteiger partial charge in [0.1, 0.15) is 5.75 Å². The first-order chi connectivity index (χ1) is 5.36. The smallest absolute Gasteiger partial charge is 1.00 e. The summed E-state index contributed by atoms with van der Waals surface area (Å²) >= 11 is 0. The van der Waals surface area contributed by atoms with E-state index in [0.29, 0.717) is 0 Å². The molecule has 1 aromatic rings. The van der Waals surface area contributed by atoms with Gasteiger partial charge in [0.2, 0.25) is 0 Å². The van der Waals surface area contributed by atoms with E-state index in [1.165, 1.54) is 5.56 Å². The molecule has 68 valence electrons. The number of methoxy groups -OCH3 is 1. The fourth-order valence-corrected chi connectivity index (χ4v) is 0.996. The third-order valence-electron chi connectivity index (χ3n) is 1.62. The van der Waals surface area contributed by atoms with Crippen LogP contribution in [0.5, 0.6) is 5.75 Å². The van der Waals surface area contributed by atoms with Crippen molar-refractivity contribution in [1.82, 2.24) is 0 Å².